The average molecular weight is 181 g/mol. The number of carbonyl (C=O) groups excluding carboxylic acids is 1. The van der Waals surface area contributed by atoms with E-state index in [0.29, 0.717) is 17.6 Å². The number of ketones is 1. The maximum absolute atomic E-state index is 11.9. The van der Waals surface area contributed by atoms with Gasteiger partial charge in [0, 0.05) is 18.4 Å². The lowest BCUT2D eigenvalue weighted by atomic mass is 9.75. The van der Waals surface area contributed by atoms with Gasteiger partial charge >= 0.3 is 0 Å². The molecule has 0 aromatic carbocycles. The fraction of sp³-hybridized carbons (Fsp3) is 0.909. The van der Waals surface area contributed by atoms with E-state index in [-0.39, 0.29) is 5.92 Å². The van der Waals surface area contributed by atoms with Crippen LogP contribution >= 0.6 is 0 Å². The van der Waals surface area contributed by atoms with Gasteiger partial charge in [0.05, 0.1) is 0 Å². The van der Waals surface area contributed by atoms with Crippen molar-refractivity contribution in [3.63, 3.8) is 0 Å². The molecule has 74 valence electrons. The summed E-state index contributed by atoms with van der Waals surface area (Å²) in [6, 6.07) is 0. The molecule has 13 heavy (non-hydrogen) atoms. The summed E-state index contributed by atoms with van der Waals surface area (Å²) >= 11 is 0. The van der Waals surface area contributed by atoms with E-state index in [2.05, 4.69) is 4.90 Å². The van der Waals surface area contributed by atoms with Gasteiger partial charge in [-0.2, -0.15) is 0 Å². The summed E-state index contributed by atoms with van der Waals surface area (Å²) in [7, 11) is 0. The summed E-state index contributed by atoms with van der Waals surface area (Å²) in [5.74, 6) is 1.79. The van der Waals surface area contributed by atoms with Crippen molar-refractivity contribution in [3.05, 3.63) is 0 Å². The van der Waals surface area contributed by atoms with Crippen LogP contribution in [-0.2, 0) is 4.79 Å². The summed E-state index contributed by atoms with van der Waals surface area (Å²) in [4.78, 5) is 14.3. The predicted octanol–water partition coefficient (Wildman–Crippen LogP) is 1.55. The van der Waals surface area contributed by atoms with Crippen molar-refractivity contribution < 1.29 is 4.79 Å². The monoisotopic (exact) mass is 181 g/mol. The van der Waals surface area contributed by atoms with Crippen LogP contribution in [0.4, 0.5) is 0 Å². The van der Waals surface area contributed by atoms with Crippen LogP contribution in [0.1, 0.15) is 26.7 Å². The van der Waals surface area contributed by atoms with Crippen molar-refractivity contribution in [1.82, 2.24) is 4.90 Å². The van der Waals surface area contributed by atoms with E-state index in [0.717, 1.165) is 6.54 Å². The Kier molecular flexibility index (Phi) is 2.41. The van der Waals surface area contributed by atoms with Gasteiger partial charge in [0.1, 0.15) is 5.78 Å². The maximum atomic E-state index is 11.9. The molecule has 3 heterocycles. The highest BCUT2D eigenvalue weighted by atomic mass is 16.1. The number of hydrogen-bond donors (Lipinski definition) is 0. The van der Waals surface area contributed by atoms with E-state index in [1.54, 1.807) is 0 Å². The van der Waals surface area contributed by atoms with Gasteiger partial charge in [0.15, 0.2) is 0 Å². The number of nitrogens with zero attached hydrogens (tertiary/aromatic N) is 1. The third-order valence-electron chi connectivity index (χ3n) is 3.59. The van der Waals surface area contributed by atoms with E-state index in [1.807, 2.05) is 13.8 Å². The molecule has 2 bridgehead atoms. The van der Waals surface area contributed by atoms with Crippen LogP contribution in [0, 0.1) is 17.8 Å². The normalized spacial score (nSPS) is 38.2. The van der Waals surface area contributed by atoms with Crippen molar-refractivity contribution >= 4 is 5.78 Å². The average Bonchev–Trinajstić information content (AvgIpc) is 2.18. The Morgan fingerprint density at radius 1 is 1.31 bits per heavy atom. The van der Waals surface area contributed by atoms with Crippen LogP contribution in [0.3, 0.4) is 0 Å². The van der Waals surface area contributed by atoms with Crippen molar-refractivity contribution in [2.24, 2.45) is 17.8 Å². The van der Waals surface area contributed by atoms with E-state index in [4.69, 9.17) is 0 Å². The maximum Gasteiger partial charge on any atom is 0.140 e. The lowest BCUT2D eigenvalue weighted by Crippen LogP contribution is -2.50. The summed E-state index contributed by atoms with van der Waals surface area (Å²) in [5, 5.41) is 0. The Morgan fingerprint density at radius 2 is 1.92 bits per heavy atom. The van der Waals surface area contributed by atoms with Crippen LogP contribution < -0.4 is 0 Å². The first-order valence-electron chi connectivity index (χ1n) is 5.44. The molecule has 3 saturated heterocycles. The largest absolute Gasteiger partial charge is 0.303 e. The number of rotatable bonds is 2. The molecule has 2 heteroatoms. The second-order valence-electron chi connectivity index (χ2n) is 4.80. The Bertz CT molecular complexity index is 204. The molecule has 0 saturated carbocycles. The number of fused-ring (bicyclic) bond motifs is 3. The second-order valence-corrected chi connectivity index (χ2v) is 4.80. The highest BCUT2D eigenvalue weighted by Crippen LogP contribution is 2.33. The third kappa shape index (κ3) is 1.64. The molecule has 2 nitrogen and oxygen atoms in total. The van der Waals surface area contributed by atoms with Crippen LogP contribution in [0.15, 0.2) is 0 Å². The first kappa shape index (κ1) is 9.20. The Morgan fingerprint density at radius 3 is 2.31 bits per heavy atom. The highest BCUT2D eigenvalue weighted by molar-refractivity contribution is 5.83. The van der Waals surface area contributed by atoms with Gasteiger partial charge in [-0.3, -0.25) is 4.79 Å². The van der Waals surface area contributed by atoms with Crippen molar-refractivity contribution in [1.29, 1.82) is 0 Å². The summed E-state index contributed by atoms with van der Waals surface area (Å²) in [6.07, 6.45) is 2.51. The Labute approximate surface area is 80.3 Å². The van der Waals surface area contributed by atoms with Crippen molar-refractivity contribution in [2.45, 2.75) is 26.7 Å². The molecular formula is C11H19NO. The molecule has 3 rings (SSSR count). The van der Waals surface area contributed by atoms with Crippen LogP contribution in [0.2, 0.25) is 0 Å². The molecule has 0 aliphatic carbocycles. The zero-order valence-corrected chi connectivity index (χ0v) is 8.62. The van der Waals surface area contributed by atoms with Gasteiger partial charge in [-0.15, -0.1) is 0 Å². The molecule has 0 aromatic heterocycles. The molecule has 0 radical (unpaired) electrons. The zero-order valence-electron chi connectivity index (χ0n) is 8.62. The van der Waals surface area contributed by atoms with Crippen LogP contribution in [0.25, 0.3) is 0 Å². The van der Waals surface area contributed by atoms with E-state index in [9.17, 15) is 4.79 Å². The highest BCUT2D eigenvalue weighted by Gasteiger charge is 2.38. The molecule has 0 amide bonds. The minimum absolute atomic E-state index is 0.227. The fourth-order valence-corrected chi connectivity index (χ4v) is 2.72. The number of hydrogen-bond acceptors (Lipinski definition) is 2. The van der Waals surface area contributed by atoms with Gasteiger partial charge in [-0.1, -0.05) is 13.8 Å². The first-order chi connectivity index (χ1) is 6.18. The first-order valence-corrected chi connectivity index (χ1v) is 5.44. The molecule has 3 aliphatic heterocycles. The SMILES string of the molecule is CC(C)C(=O)[C@@H]1CN2CCC1CC2. The Hall–Kier alpha value is -0.370. The third-order valence-corrected chi connectivity index (χ3v) is 3.59. The minimum atomic E-state index is 0.227. The van der Waals surface area contributed by atoms with Gasteiger partial charge in [0.2, 0.25) is 0 Å². The van der Waals surface area contributed by atoms with Crippen LogP contribution in [-0.4, -0.2) is 30.3 Å². The minimum Gasteiger partial charge on any atom is -0.303 e. The van der Waals surface area contributed by atoms with Gasteiger partial charge in [0.25, 0.3) is 0 Å². The number of piperidine rings is 3. The fourth-order valence-electron chi connectivity index (χ4n) is 2.72. The number of carbonyl (C=O) groups is 1. The predicted molar refractivity (Wildman–Crippen MR) is 52.5 cm³/mol. The molecule has 0 spiro atoms. The quantitative estimate of drug-likeness (QED) is 0.644. The zero-order chi connectivity index (χ0) is 9.42. The van der Waals surface area contributed by atoms with Gasteiger partial charge in [-0.05, 0) is 31.8 Å². The van der Waals surface area contributed by atoms with Crippen LogP contribution in [0.5, 0.6) is 0 Å². The smallest absolute Gasteiger partial charge is 0.140 e. The lowest BCUT2D eigenvalue weighted by molar-refractivity contribution is -0.131. The Balaban J connectivity index is 2.04. The van der Waals surface area contributed by atoms with E-state index in [1.165, 1.54) is 25.9 Å². The molecular weight excluding hydrogens is 162 g/mol. The lowest BCUT2D eigenvalue weighted by Gasteiger charge is -2.44. The number of Topliss-reactive ketones (excluding diaryl/α,β-unsaturated/α-hetero) is 1. The van der Waals surface area contributed by atoms with Gasteiger partial charge < -0.3 is 4.90 Å². The van der Waals surface area contributed by atoms with E-state index < -0.39 is 0 Å². The van der Waals surface area contributed by atoms with Crippen molar-refractivity contribution in [3.8, 4) is 0 Å². The summed E-state index contributed by atoms with van der Waals surface area (Å²) in [5.41, 5.74) is 0. The standard InChI is InChI=1S/C11H19NO/c1-8(2)11(13)10-7-12-5-3-9(10)4-6-12/h8-10H,3-7H2,1-2H3/t10-/m1/s1. The molecule has 0 unspecified atom stereocenters. The molecule has 1 atom stereocenters. The van der Waals surface area contributed by atoms with Gasteiger partial charge in [-0.25, -0.2) is 0 Å². The molecule has 0 N–H and O–H groups in total. The van der Waals surface area contributed by atoms with E-state index >= 15 is 0 Å². The second kappa shape index (κ2) is 3.41. The topological polar surface area (TPSA) is 20.3 Å². The van der Waals surface area contributed by atoms with Crippen molar-refractivity contribution in [2.75, 3.05) is 19.6 Å². The molecule has 0 aromatic rings. The summed E-state index contributed by atoms with van der Waals surface area (Å²) in [6.45, 7) is 7.56. The molecule has 3 aliphatic rings. The molecule has 3 fully saturated rings. The summed E-state index contributed by atoms with van der Waals surface area (Å²) < 4.78 is 0.